The van der Waals surface area contributed by atoms with E-state index in [9.17, 15) is 0 Å². The van der Waals surface area contributed by atoms with Gasteiger partial charge in [0.15, 0.2) is 0 Å². The summed E-state index contributed by atoms with van der Waals surface area (Å²) in [5, 5.41) is 16.3. The molecule has 0 spiro atoms. The number of hydrogen-bond acceptors (Lipinski definition) is 2. The zero-order valence-electron chi connectivity index (χ0n) is 53.7. The van der Waals surface area contributed by atoms with Crippen LogP contribution in [0.5, 0.6) is 0 Å². The predicted octanol–water partition coefficient (Wildman–Crippen LogP) is 17.9. The van der Waals surface area contributed by atoms with Crippen LogP contribution < -0.4 is 42.4 Å². The fourth-order valence-electron chi connectivity index (χ4n) is 12.0. The van der Waals surface area contributed by atoms with E-state index in [4.69, 9.17) is 34.5 Å². The van der Waals surface area contributed by atoms with Gasteiger partial charge in [0, 0.05) is 21.5 Å². The van der Waals surface area contributed by atoms with Crippen LogP contribution in [0.3, 0.4) is 0 Å². The van der Waals surface area contributed by atoms with Crippen LogP contribution in [0.15, 0.2) is 324 Å². The van der Waals surface area contributed by atoms with Crippen molar-refractivity contribution in [2.24, 2.45) is 0 Å². The van der Waals surface area contributed by atoms with Crippen molar-refractivity contribution in [2.45, 2.75) is 25.7 Å². The molecule has 0 aliphatic heterocycles. The quantitative estimate of drug-likeness (QED) is 0.0281. The minimum Gasteiger partial charge on any atom is -0.459 e. The number of hydrogen-bond donors (Lipinski definition) is 0. The summed E-state index contributed by atoms with van der Waals surface area (Å²) >= 11 is 0. The fourth-order valence-corrected chi connectivity index (χ4v) is 22.8. The summed E-state index contributed by atoms with van der Waals surface area (Å²) in [6.45, 7) is 0. The number of furan rings is 2. The molecule has 2 nitrogen and oxygen atoms in total. The molecule has 496 valence electrons. The molecular formula is C88H72Au4O2P4+4. The Morgan fingerprint density at radius 1 is 0.214 bits per heavy atom. The molecule has 98 heavy (non-hydrogen) atoms. The van der Waals surface area contributed by atoms with Gasteiger partial charge in [0.1, 0.15) is 22.3 Å². The fraction of sp³-hybridized carbons (Fsp3) is 0.0909. The standard InChI is InChI=1S/2C28H28P2.2C16H6O.4Au/c2*1-5-15-25(16-6-1)29(26-17-7-2-8-18-26)23-13-14-24-30(27-19-9-3-10-20-27)28-21-11-4-12-22-28;2*1-3-11-5-7-13-14-8-6-12(4-2)10-16(14)17-15(13)9-11;;;;/h2*1-12,15-22H,13-14,23-24H2;2*5-10H;;;;/q;;2*-2;4*+1/p+4. The van der Waals surface area contributed by atoms with Crippen molar-refractivity contribution in [3.05, 3.63) is 363 Å². The molecule has 12 aromatic carbocycles. The molecule has 0 bridgehead atoms. The van der Waals surface area contributed by atoms with Crippen molar-refractivity contribution in [3.63, 3.8) is 0 Å². The van der Waals surface area contributed by atoms with Gasteiger partial charge in [-0.3, -0.25) is 23.7 Å². The number of fused-ring (bicyclic) bond motifs is 6. The Morgan fingerprint density at radius 3 is 0.510 bits per heavy atom. The topological polar surface area (TPSA) is 26.3 Å². The average Bonchev–Trinajstić information content (AvgIpc) is 1.63. The molecule has 0 atom stereocenters. The Labute approximate surface area is 647 Å². The van der Waals surface area contributed by atoms with Crippen molar-refractivity contribution in [2.75, 3.05) is 24.6 Å². The summed E-state index contributed by atoms with van der Waals surface area (Å²) in [7, 11) is -2.86. The molecule has 14 rings (SSSR count). The molecule has 0 saturated heterocycles. The second kappa shape index (κ2) is 41.7. The van der Waals surface area contributed by atoms with Gasteiger partial charge in [-0.25, -0.2) is 0 Å². The molecule has 14 aromatic rings. The molecular weight excluding hydrogens is 2000 g/mol. The van der Waals surface area contributed by atoms with E-state index in [-0.39, 0.29) is 89.5 Å². The summed E-state index contributed by atoms with van der Waals surface area (Å²) in [5.74, 6) is 9.33. The molecule has 0 aliphatic carbocycles. The van der Waals surface area contributed by atoms with Gasteiger partial charge in [-0.15, -0.1) is 46.5 Å². The Bertz CT molecular complexity index is 4080. The monoisotopic (exact) mass is 2070 g/mol. The average molecular weight is 2070 g/mol. The minimum absolute atomic E-state index is 0. The second-order valence-corrected chi connectivity index (χ2v) is 33.3. The molecule has 0 aliphatic rings. The van der Waals surface area contributed by atoms with Gasteiger partial charge in [0.25, 0.3) is 0 Å². The van der Waals surface area contributed by atoms with Crippen LogP contribution in [0.1, 0.15) is 47.9 Å². The van der Waals surface area contributed by atoms with Gasteiger partial charge in [0.05, 0.1) is 98.8 Å². The van der Waals surface area contributed by atoms with Gasteiger partial charge < -0.3 is 34.5 Å². The van der Waals surface area contributed by atoms with Crippen molar-refractivity contribution in [1.29, 1.82) is 0 Å². The van der Waals surface area contributed by atoms with Gasteiger partial charge >= 0.3 is 89.5 Å². The molecule has 0 saturated carbocycles. The molecule has 0 fully saturated rings. The molecule has 0 radical (unpaired) electrons. The van der Waals surface area contributed by atoms with E-state index in [2.05, 4.69) is 266 Å². The number of unbranched alkanes of at least 4 members (excludes halogenated alkanes) is 2. The first-order valence-electron chi connectivity index (χ1n) is 32.0. The van der Waals surface area contributed by atoms with Gasteiger partial charge in [-0.05, 0) is 123 Å². The molecule has 0 unspecified atom stereocenters. The summed E-state index contributed by atoms with van der Waals surface area (Å²) in [6.07, 6.45) is 38.8. The van der Waals surface area contributed by atoms with Crippen LogP contribution in [0.4, 0.5) is 0 Å². The maximum Gasteiger partial charge on any atom is 1.00 e. The van der Waals surface area contributed by atoms with E-state index in [1.54, 1.807) is 24.3 Å². The molecule has 0 amide bonds. The summed E-state index contributed by atoms with van der Waals surface area (Å²) < 4.78 is 11.4. The minimum atomic E-state index is -0.714. The first-order valence-corrected chi connectivity index (χ1v) is 38.8. The Hall–Kier alpha value is -6.84. The summed E-state index contributed by atoms with van der Waals surface area (Å²) in [6, 6.07) is 111. The van der Waals surface area contributed by atoms with E-state index in [1.165, 1.54) is 92.8 Å². The number of benzene rings is 12. The molecule has 0 N–H and O–H groups in total. The Balaban J connectivity index is 0.000000187. The van der Waals surface area contributed by atoms with Crippen molar-refractivity contribution < 1.29 is 98.4 Å². The zero-order chi connectivity index (χ0) is 64.5. The van der Waals surface area contributed by atoms with Crippen molar-refractivity contribution >= 4 is 118 Å². The van der Waals surface area contributed by atoms with Crippen LogP contribution >= 0.6 is 31.7 Å². The van der Waals surface area contributed by atoms with Crippen LogP contribution in [0.25, 0.3) is 43.9 Å². The molecule has 2 aromatic heterocycles. The van der Waals surface area contributed by atoms with Crippen molar-refractivity contribution in [3.8, 4) is 23.7 Å². The van der Waals surface area contributed by atoms with E-state index in [0.717, 1.165) is 43.9 Å². The van der Waals surface area contributed by atoms with Crippen LogP contribution in [-0.4, -0.2) is 24.6 Å². The van der Waals surface area contributed by atoms with Gasteiger partial charge in [0.2, 0.25) is 0 Å². The zero-order valence-corrected chi connectivity index (χ0v) is 66.4. The SMILES string of the molecule is [Au+].[Au+].[Au+].[Au+].[C-]#Cc1ccc2c(c1)oc1cc(C#[C-])ccc12.[C-]#Cc1ccc2c(c1)oc1cc(C#[C-])ccc12.c1ccc([PH+](CCCC[PH+](c2ccccc2)c2ccccc2)c2ccccc2)cc1.c1ccc([PH+](CCCC[PH+](c2ccccc2)c2ccccc2)c2ccccc2)cc1. The van der Waals surface area contributed by atoms with Gasteiger partial charge in [-0.1, -0.05) is 194 Å². The van der Waals surface area contributed by atoms with Crippen molar-refractivity contribution in [1.82, 2.24) is 0 Å². The van der Waals surface area contributed by atoms with Crippen LogP contribution in [0, 0.1) is 49.4 Å². The largest absolute Gasteiger partial charge is 1.00 e. The Morgan fingerprint density at radius 2 is 0.367 bits per heavy atom. The number of rotatable bonds is 18. The second-order valence-electron chi connectivity index (χ2n) is 22.8. The first-order chi connectivity index (χ1) is 46.5. The molecule has 10 heteroatoms. The van der Waals surface area contributed by atoms with Gasteiger partial charge in [-0.2, -0.15) is 0 Å². The van der Waals surface area contributed by atoms with Crippen LogP contribution in [-0.2, 0) is 89.5 Å². The van der Waals surface area contributed by atoms with E-state index >= 15 is 0 Å². The Kier molecular flexibility index (Phi) is 33.4. The normalized spacial score (nSPS) is 10.4. The van der Waals surface area contributed by atoms with E-state index in [0.29, 0.717) is 22.3 Å². The maximum absolute atomic E-state index is 7.09. The van der Waals surface area contributed by atoms with E-state index in [1.807, 2.05) is 48.5 Å². The maximum atomic E-state index is 7.09. The third-order valence-electron chi connectivity index (χ3n) is 16.7. The smallest absolute Gasteiger partial charge is 0.459 e. The summed E-state index contributed by atoms with van der Waals surface area (Å²) in [5.41, 5.74) is 5.70. The third kappa shape index (κ3) is 21.6. The van der Waals surface area contributed by atoms with E-state index < -0.39 is 31.7 Å². The first kappa shape index (κ1) is 78.5. The van der Waals surface area contributed by atoms with Crippen LogP contribution in [0.2, 0.25) is 0 Å². The predicted molar refractivity (Wildman–Crippen MR) is 412 cm³/mol. The summed E-state index contributed by atoms with van der Waals surface area (Å²) in [4.78, 5) is 0. The third-order valence-corrected chi connectivity index (χ3v) is 28.4. The molecule has 2 heterocycles.